The van der Waals surface area contributed by atoms with E-state index in [0.717, 1.165) is 5.56 Å². The molecule has 0 aliphatic rings. The third-order valence-electron chi connectivity index (χ3n) is 2.02. The molecule has 0 amide bonds. The highest BCUT2D eigenvalue weighted by Gasteiger charge is 2.14. The zero-order valence-electron chi connectivity index (χ0n) is 9.18. The van der Waals surface area contributed by atoms with Crippen LogP contribution in [0.25, 0.3) is 0 Å². The van der Waals surface area contributed by atoms with Gasteiger partial charge in [-0.25, -0.2) is 4.79 Å². The van der Waals surface area contributed by atoms with Gasteiger partial charge in [-0.2, -0.15) is 0 Å². The van der Waals surface area contributed by atoms with E-state index in [9.17, 15) is 9.90 Å². The van der Waals surface area contributed by atoms with Crippen molar-refractivity contribution in [3.8, 4) is 5.75 Å². The van der Waals surface area contributed by atoms with Crippen molar-refractivity contribution in [3.05, 3.63) is 28.2 Å². The van der Waals surface area contributed by atoms with Gasteiger partial charge in [-0.1, -0.05) is 11.2 Å². The highest BCUT2D eigenvalue weighted by Crippen LogP contribution is 2.24. The minimum absolute atomic E-state index is 0.0792. The van der Waals surface area contributed by atoms with Gasteiger partial charge in [0.25, 0.3) is 0 Å². The average Bonchev–Trinajstić information content (AvgIpc) is 2.30. The molecule has 0 aromatic heterocycles. The summed E-state index contributed by atoms with van der Waals surface area (Å²) in [5.41, 5.74) is 0.639. The number of ether oxygens (including phenoxy) is 1. The number of rotatable bonds is 4. The number of carbonyl (C=O) groups excluding carboxylic acids is 1. The SMILES string of the molecule is CCOC(=O)/C(Cc1ccc(O)c(Br)c1)=N/O. The number of halogens is 1. The second-order valence-corrected chi connectivity index (χ2v) is 4.08. The summed E-state index contributed by atoms with van der Waals surface area (Å²) < 4.78 is 5.24. The summed E-state index contributed by atoms with van der Waals surface area (Å²) in [5.74, 6) is -0.549. The van der Waals surface area contributed by atoms with Crippen LogP contribution in [0, 0.1) is 0 Å². The number of esters is 1. The van der Waals surface area contributed by atoms with Crippen molar-refractivity contribution < 1.29 is 19.8 Å². The van der Waals surface area contributed by atoms with Gasteiger partial charge in [0.05, 0.1) is 11.1 Å². The first-order valence-electron chi connectivity index (χ1n) is 4.94. The minimum atomic E-state index is -0.654. The molecule has 6 heteroatoms. The topological polar surface area (TPSA) is 79.1 Å². The van der Waals surface area contributed by atoms with Crippen molar-refractivity contribution in [3.63, 3.8) is 0 Å². The third-order valence-corrected chi connectivity index (χ3v) is 2.65. The van der Waals surface area contributed by atoms with Gasteiger partial charge in [0, 0.05) is 6.42 Å². The van der Waals surface area contributed by atoms with Crippen LogP contribution in [0.4, 0.5) is 0 Å². The maximum absolute atomic E-state index is 11.4. The average molecular weight is 302 g/mol. The number of oxime groups is 1. The molecule has 0 saturated heterocycles. The maximum atomic E-state index is 11.4. The van der Waals surface area contributed by atoms with E-state index in [1.54, 1.807) is 19.1 Å². The summed E-state index contributed by atoms with van der Waals surface area (Å²) in [6.45, 7) is 1.89. The molecule has 2 N–H and O–H groups in total. The highest BCUT2D eigenvalue weighted by molar-refractivity contribution is 9.10. The fraction of sp³-hybridized carbons (Fsp3) is 0.273. The summed E-state index contributed by atoms with van der Waals surface area (Å²) in [4.78, 5) is 11.4. The Bertz CT molecular complexity index is 445. The summed E-state index contributed by atoms with van der Waals surface area (Å²) in [7, 11) is 0. The molecule has 92 valence electrons. The Morgan fingerprint density at radius 2 is 2.24 bits per heavy atom. The lowest BCUT2D eigenvalue weighted by molar-refractivity contribution is -0.135. The van der Waals surface area contributed by atoms with E-state index < -0.39 is 5.97 Å². The van der Waals surface area contributed by atoms with E-state index in [-0.39, 0.29) is 24.5 Å². The van der Waals surface area contributed by atoms with Crippen LogP contribution >= 0.6 is 15.9 Å². The molecule has 0 bridgehead atoms. The standard InChI is InChI=1S/C11H12BrNO4/c1-2-17-11(15)9(13-16)6-7-3-4-10(14)8(12)5-7/h3-5,14,16H,2,6H2,1H3/b13-9+. The number of hydrogen-bond acceptors (Lipinski definition) is 5. The highest BCUT2D eigenvalue weighted by atomic mass is 79.9. The van der Waals surface area contributed by atoms with Crippen molar-refractivity contribution in [1.29, 1.82) is 0 Å². The number of hydrogen-bond donors (Lipinski definition) is 2. The first kappa shape index (κ1) is 13.5. The van der Waals surface area contributed by atoms with Crippen molar-refractivity contribution in [2.45, 2.75) is 13.3 Å². The van der Waals surface area contributed by atoms with Gasteiger partial charge in [0.1, 0.15) is 5.75 Å². The Balaban J connectivity index is 2.81. The molecule has 5 nitrogen and oxygen atoms in total. The van der Waals surface area contributed by atoms with Crippen LogP contribution in [0.3, 0.4) is 0 Å². The summed E-state index contributed by atoms with van der Waals surface area (Å²) >= 11 is 3.16. The molecule has 1 aromatic carbocycles. The quantitative estimate of drug-likeness (QED) is 0.386. The Hall–Kier alpha value is -1.56. The molecule has 0 aliphatic carbocycles. The number of aromatic hydroxyl groups is 1. The fourth-order valence-electron chi connectivity index (χ4n) is 1.22. The molecule has 0 fully saturated rings. The molecule has 0 saturated carbocycles. The fourth-order valence-corrected chi connectivity index (χ4v) is 1.64. The van der Waals surface area contributed by atoms with Crippen molar-refractivity contribution in [1.82, 2.24) is 0 Å². The zero-order chi connectivity index (χ0) is 12.8. The van der Waals surface area contributed by atoms with E-state index in [0.29, 0.717) is 4.47 Å². The Morgan fingerprint density at radius 1 is 1.53 bits per heavy atom. The van der Waals surface area contributed by atoms with Crippen molar-refractivity contribution in [2.75, 3.05) is 6.61 Å². The van der Waals surface area contributed by atoms with E-state index in [2.05, 4.69) is 21.1 Å². The normalized spacial score (nSPS) is 11.3. The van der Waals surface area contributed by atoms with E-state index in [1.165, 1.54) is 6.07 Å². The molecule has 17 heavy (non-hydrogen) atoms. The lowest BCUT2D eigenvalue weighted by atomic mass is 10.1. The zero-order valence-corrected chi connectivity index (χ0v) is 10.8. The van der Waals surface area contributed by atoms with Gasteiger partial charge in [0.15, 0.2) is 5.71 Å². The van der Waals surface area contributed by atoms with Gasteiger partial charge in [-0.05, 0) is 40.5 Å². The van der Waals surface area contributed by atoms with Crippen LogP contribution in [0.2, 0.25) is 0 Å². The van der Waals surface area contributed by atoms with Gasteiger partial charge >= 0.3 is 5.97 Å². The molecule has 0 aliphatic heterocycles. The molecule has 1 aromatic rings. The number of benzene rings is 1. The molecular formula is C11H12BrNO4. The van der Waals surface area contributed by atoms with E-state index >= 15 is 0 Å². The van der Waals surface area contributed by atoms with Crippen LogP contribution < -0.4 is 0 Å². The first-order chi connectivity index (χ1) is 8.08. The molecular weight excluding hydrogens is 290 g/mol. The molecule has 0 atom stereocenters. The van der Waals surface area contributed by atoms with Crippen LogP contribution in [0.15, 0.2) is 27.8 Å². The molecule has 0 radical (unpaired) electrons. The summed E-state index contributed by atoms with van der Waals surface area (Å²) in [6.07, 6.45) is 0.133. The number of carbonyl (C=O) groups is 1. The molecule has 0 spiro atoms. The first-order valence-corrected chi connectivity index (χ1v) is 5.73. The van der Waals surface area contributed by atoms with Gasteiger partial charge < -0.3 is 15.1 Å². The number of phenolic OH excluding ortho intramolecular Hbond substituents is 1. The van der Waals surface area contributed by atoms with Crippen LogP contribution in [0.5, 0.6) is 5.75 Å². The van der Waals surface area contributed by atoms with Crippen molar-refractivity contribution >= 4 is 27.6 Å². The smallest absolute Gasteiger partial charge is 0.356 e. The van der Waals surface area contributed by atoms with Gasteiger partial charge in [-0.15, -0.1) is 0 Å². The maximum Gasteiger partial charge on any atom is 0.356 e. The van der Waals surface area contributed by atoms with E-state index in [4.69, 9.17) is 9.94 Å². The van der Waals surface area contributed by atoms with Crippen LogP contribution in [-0.2, 0) is 16.0 Å². The number of phenols is 1. The Morgan fingerprint density at radius 3 is 2.76 bits per heavy atom. The van der Waals surface area contributed by atoms with Crippen molar-refractivity contribution in [2.24, 2.45) is 5.16 Å². The third kappa shape index (κ3) is 3.74. The predicted molar refractivity (Wildman–Crippen MR) is 65.4 cm³/mol. The Labute approximate surface area is 107 Å². The number of nitrogens with zero attached hydrogens (tertiary/aromatic N) is 1. The van der Waals surface area contributed by atoms with E-state index in [1.807, 2.05) is 0 Å². The lowest BCUT2D eigenvalue weighted by Gasteiger charge is -2.05. The lowest BCUT2D eigenvalue weighted by Crippen LogP contribution is -2.20. The second-order valence-electron chi connectivity index (χ2n) is 3.23. The van der Waals surface area contributed by atoms with Crippen LogP contribution in [-0.4, -0.2) is 28.6 Å². The van der Waals surface area contributed by atoms with Crippen LogP contribution in [0.1, 0.15) is 12.5 Å². The predicted octanol–water partition coefficient (Wildman–Crippen LogP) is 2.09. The molecule has 1 rings (SSSR count). The monoisotopic (exact) mass is 301 g/mol. The minimum Gasteiger partial charge on any atom is -0.507 e. The molecule has 0 heterocycles. The van der Waals surface area contributed by atoms with Gasteiger partial charge in [0.2, 0.25) is 0 Å². The largest absolute Gasteiger partial charge is 0.507 e. The summed E-state index contributed by atoms with van der Waals surface area (Å²) in [6, 6.07) is 4.75. The summed E-state index contributed by atoms with van der Waals surface area (Å²) in [5, 5.41) is 21.0. The Kier molecular flexibility index (Phi) is 4.96. The molecule has 0 unspecified atom stereocenters. The van der Waals surface area contributed by atoms with Gasteiger partial charge in [-0.3, -0.25) is 0 Å². The second kappa shape index (κ2) is 6.24.